The molecule has 0 aliphatic rings. The fourth-order valence-electron chi connectivity index (χ4n) is 1.51. The van der Waals surface area contributed by atoms with Crippen molar-refractivity contribution in [2.75, 3.05) is 12.3 Å². The van der Waals surface area contributed by atoms with Gasteiger partial charge in [0.2, 0.25) is 10.0 Å². The molecular formula is C13H21FN2O2S. The first-order valence-corrected chi connectivity index (χ1v) is 7.68. The van der Waals surface area contributed by atoms with Gasteiger partial charge in [-0.25, -0.2) is 17.5 Å². The number of anilines is 1. The lowest BCUT2D eigenvalue weighted by Crippen LogP contribution is -2.30. The minimum absolute atomic E-state index is 0.0300. The predicted octanol–water partition coefficient (Wildman–Crippen LogP) is 2.29. The fraction of sp³-hybridized carbons (Fsp3) is 0.538. The SMILES string of the molecule is Cc1cc(F)c(N)cc1S(=O)(=O)NCC(C)C(C)C. The summed E-state index contributed by atoms with van der Waals surface area (Å²) in [7, 11) is -3.66. The Hall–Kier alpha value is -1.14. The van der Waals surface area contributed by atoms with Crippen molar-refractivity contribution in [1.82, 2.24) is 4.72 Å². The smallest absolute Gasteiger partial charge is 0.240 e. The quantitative estimate of drug-likeness (QED) is 0.817. The zero-order valence-corrected chi connectivity index (χ0v) is 12.5. The third kappa shape index (κ3) is 3.91. The average molecular weight is 288 g/mol. The summed E-state index contributed by atoms with van der Waals surface area (Å²) in [6.07, 6.45) is 0. The summed E-state index contributed by atoms with van der Waals surface area (Å²) >= 11 is 0. The largest absolute Gasteiger partial charge is 0.396 e. The molecule has 0 radical (unpaired) electrons. The monoisotopic (exact) mass is 288 g/mol. The number of benzene rings is 1. The topological polar surface area (TPSA) is 72.2 Å². The van der Waals surface area contributed by atoms with Crippen LogP contribution >= 0.6 is 0 Å². The van der Waals surface area contributed by atoms with Gasteiger partial charge in [-0.1, -0.05) is 20.8 Å². The number of hydrogen-bond acceptors (Lipinski definition) is 3. The fourth-order valence-corrected chi connectivity index (χ4v) is 2.92. The molecule has 6 heteroatoms. The Labute approximate surface area is 114 Å². The van der Waals surface area contributed by atoms with E-state index in [1.165, 1.54) is 0 Å². The van der Waals surface area contributed by atoms with Crippen molar-refractivity contribution in [2.45, 2.75) is 32.6 Å². The van der Waals surface area contributed by atoms with Crippen LogP contribution in [0, 0.1) is 24.6 Å². The van der Waals surface area contributed by atoms with Crippen LogP contribution in [-0.4, -0.2) is 15.0 Å². The van der Waals surface area contributed by atoms with Gasteiger partial charge in [0.25, 0.3) is 0 Å². The second-order valence-corrected chi connectivity index (χ2v) is 6.95. The van der Waals surface area contributed by atoms with Crippen LogP contribution in [0.25, 0.3) is 0 Å². The summed E-state index contributed by atoms with van der Waals surface area (Å²) in [5.74, 6) is -0.0121. The van der Waals surface area contributed by atoms with E-state index in [1.54, 1.807) is 6.92 Å². The molecule has 0 aliphatic heterocycles. The molecule has 0 spiro atoms. The minimum Gasteiger partial charge on any atom is -0.396 e. The number of rotatable bonds is 5. The Morgan fingerprint density at radius 3 is 2.42 bits per heavy atom. The van der Waals surface area contributed by atoms with E-state index in [-0.39, 0.29) is 16.5 Å². The number of nitrogen functional groups attached to an aromatic ring is 1. The summed E-state index contributed by atoms with van der Waals surface area (Å²) in [5, 5.41) is 0. The third-order valence-corrected chi connectivity index (χ3v) is 4.88. The zero-order chi connectivity index (χ0) is 14.8. The van der Waals surface area contributed by atoms with Crippen molar-refractivity contribution in [3.63, 3.8) is 0 Å². The summed E-state index contributed by atoms with van der Waals surface area (Å²) in [6, 6.07) is 2.29. The Morgan fingerprint density at radius 1 is 1.32 bits per heavy atom. The van der Waals surface area contributed by atoms with Gasteiger partial charge in [-0.2, -0.15) is 0 Å². The summed E-state index contributed by atoms with van der Waals surface area (Å²) < 4.78 is 40.1. The highest BCUT2D eigenvalue weighted by Crippen LogP contribution is 2.21. The van der Waals surface area contributed by atoms with Crippen LogP contribution in [0.4, 0.5) is 10.1 Å². The number of aryl methyl sites for hydroxylation is 1. The Balaban J connectivity index is 2.98. The van der Waals surface area contributed by atoms with Crippen LogP contribution in [0.15, 0.2) is 17.0 Å². The molecule has 108 valence electrons. The first-order chi connectivity index (χ1) is 8.65. The number of halogens is 1. The van der Waals surface area contributed by atoms with E-state index in [1.807, 2.05) is 20.8 Å². The first kappa shape index (κ1) is 15.9. The lowest BCUT2D eigenvalue weighted by molar-refractivity contribution is 0.414. The molecule has 0 heterocycles. The molecule has 0 aliphatic carbocycles. The molecule has 0 saturated carbocycles. The van der Waals surface area contributed by atoms with Gasteiger partial charge in [0, 0.05) is 6.54 Å². The lowest BCUT2D eigenvalue weighted by atomic mass is 9.99. The minimum atomic E-state index is -3.66. The van der Waals surface area contributed by atoms with Crippen LogP contribution in [0.1, 0.15) is 26.3 Å². The van der Waals surface area contributed by atoms with Gasteiger partial charge in [0.15, 0.2) is 0 Å². The Bertz CT molecular complexity index is 556. The molecule has 3 N–H and O–H groups in total. The van der Waals surface area contributed by atoms with E-state index >= 15 is 0 Å². The summed E-state index contributed by atoms with van der Waals surface area (Å²) in [6.45, 7) is 7.92. The van der Waals surface area contributed by atoms with Crippen LogP contribution in [0.3, 0.4) is 0 Å². The first-order valence-electron chi connectivity index (χ1n) is 6.20. The van der Waals surface area contributed by atoms with Crippen LogP contribution in [-0.2, 0) is 10.0 Å². The molecule has 19 heavy (non-hydrogen) atoms. The standard InChI is InChI=1S/C13H21FN2O2S/c1-8(2)10(4)7-16-19(17,18)13-6-12(15)11(14)5-9(13)3/h5-6,8,10,16H,7,15H2,1-4H3. The second kappa shape index (κ2) is 5.88. The van der Waals surface area contributed by atoms with Crippen molar-refractivity contribution in [1.29, 1.82) is 0 Å². The number of hydrogen-bond donors (Lipinski definition) is 2. The maximum absolute atomic E-state index is 13.2. The van der Waals surface area contributed by atoms with E-state index in [9.17, 15) is 12.8 Å². The highest BCUT2D eigenvalue weighted by Gasteiger charge is 2.20. The number of sulfonamides is 1. The van der Waals surface area contributed by atoms with E-state index in [4.69, 9.17) is 5.73 Å². The van der Waals surface area contributed by atoms with E-state index in [0.29, 0.717) is 18.0 Å². The molecule has 0 saturated heterocycles. The second-order valence-electron chi connectivity index (χ2n) is 5.21. The summed E-state index contributed by atoms with van der Waals surface area (Å²) in [5.41, 5.74) is 5.60. The molecule has 0 aromatic heterocycles. The maximum Gasteiger partial charge on any atom is 0.240 e. The van der Waals surface area contributed by atoms with Gasteiger partial charge in [-0.05, 0) is 36.5 Å². The average Bonchev–Trinajstić information content (AvgIpc) is 2.30. The van der Waals surface area contributed by atoms with E-state index < -0.39 is 15.8 Å². The lowest BCUT2D eigenvalue weighted by Gasteiger charge is -2.17. The molecule has 1 aromatic rings. The molecule has 1 rings (SSSR count). The maximum atomic E-state index is 13.2. The van der Waals surface area contributed by atoms with Gasteiger partial charge < -0.3 is 5.73 Å². The molecule has 4 nitrogen and oxygen atoms in total. The normalized spacial score (nSPS) is 13.8. The highest BCUT2D eigenvalue weighted by atomic mass is 32.2. The molecule has 1 unspecified atom stereocenters. The highest BCUT2D eigenvalue weighted by molar-refractivity contribution is 7.89. The Kier molecular flexibility index (Phi) is 4.92. The van der Waals surface area contributed by atoms with Crippen molar-refractivity contribution in [2.24, 2.45) is 11.8 Å². The Morgan fingerprint density at radius 2 is 1.89 bits per heavy atom. The predicted molar refractivity (Wildman–Crippen MR) is 74.7 cm³/mol. The van der Waals surface area contributed by atoms with Gasteiger partial charge in [0.05, 0.1) is 10.6 Å². The van der Waals surface area contributed by atoms with Crippen molar-refractivity contribution in [3.05, 3.63) is 23.5 Å². The number of nitrogens with two attached hydrogens (primary N) is 1. The molecule has 0 fully saturated rings. The van der Waals surface area contributed by atoms with Gasteiger partial charge in [-0.15, -0.1) is 0 Å². The van der Waals surface area contributed by atoms with Gasteiger partial charge in [0.1, 0.15) is 5.82 Å². The van der Waals surface area contributed by atoms with Gasteiger partial charge >= 0.3 is 0 Å². The molecular weight excluding hydrogens is 267 g/mol. The molecule has 0 amide bonds. The van der Waals surface area contributed by atoms with E-state index in [0.717, 1.165) is 12.1 Å². The van der Waals surface area contributed by atoms with Crippen LogP contribution in [0.2, 0.25) is 0 Å². The molecule has 0 bridgehead atoms. The van der Waals surface area contributed by atoms with Crippen LogP contribution in [0.5, 0.6) is 0 Å². The van der Waals surface area contributed by atoms with Crippen LogP contribution < -0.4 is 10.5 Å². The molecule has 1 atom stereocenters. The number of nitrogens with one attached hydrogen (secondary N) is 1. The zero-order valence-electron chi connectivity index (χ0n) is 11.7. The van der Waals surface area contributed by atoms with Crippen molar-refractivity contribution >= 4 is 15.7 Å². The van der Waals surface area contributed by atoms with E-state index in [2.05, 4.69) is 4.72 Å². The third-order valence-electron chi connectivity index (χ3n) is 3.32. The van der Waals surface area contributed by atoms with Gasteiger partial charge in [-0.3, -0.25) is 0 Å². The molecule has 1 aromatic carbocycles. The summed E-state index contributed by atoms with van der Waals surface area (Å²) in [4.78, 5) is 0.0300. The van der Waals surface area contributed by atoms with Crippen molar-refractivity contribution < 1.29 is 12.8 Å². The van der Waals surface area contributed by atoms with Crippen molar-refractivity contribution in [3.8, 4) is 0 Å².